The zero-order valence-corrected chi connectivity index (χ0v) is 11.1. The third kappa shape index (κ3) is 4.08. The summed E-state index contributed by atoms with van der Waals surface area (Å²) in [5.41, 5.74) is 5.53. The van der Waals surface area contributed by atoms with Crippen LogP contribution in [0.1, 0.15) is 6.42 Å². The Balaban J connectivity index is 2.70. The molecule has 5 heteroatoms. The van der Waals surface area contributed by atoms with E-state index in [-0.39, 0.29) is 0 Å². The van der Waals surface area contributed by atoms with Crippen LogP contribution in [0.25, 0.3) is 0 Å². The fraction of sp³-hybridized carbons (Fsp3) is 0.545. The minimum atomic E-state index is 0.688. The first-order valence-corrected chi connectivity index (χ1v) is 6.13. The Hall–Kier alpha value is -0.650. The molecule has 1 aromatic heterocycles. The molecule has 0 aliphatic heterocycles. The molecule has 16 heavy (non-hydrogen) atoms. The van der Waals surface area contributed by atoms with E-state index in [4.69, 9.17) is 10.5 Å². The summed E-state index contributed by atoms with van der Waals surface area (Å²) in [6.45, 7) is 3.10. The van der Waals surface area contributed by atoms with Gasteiger partial charge in [0, 0.05) is 26.4 Å². The third-order valence-electron chi connectivity index (χ3n) is 2.24. The van der Waals surface area contributed by atoms with E-state index in [1.807, 2.05) is 12.1 Å². The number of rotatable bonds is 7. The molecule has 0 saturated heterocycles. The van der Waals surface area contributed by atoms with Crippen LogP contribution >= 0.6 is 15.9 Å². The maximum Gasteiger partial charge on any atom is 0.142 e. The van der Waals surface area contributed by atoms with Gasteiger partial charge in [-0.25, -0.2) is 4.98 Å². The minimum absolute atomic E-state index is 0.688. The molecule has 1 aromatic rings. The summed E-state index contributed by atoms with van der Waals surface area (Å²) >= 11 is 3.50. The average molecular weight is 288 g/mol. The van der Waals surface area contributed by atoms with Crippen molar-refractivity contribution >= 4 is 21.7 Å². The topological polar surface area (TPSA) is 51.4 Å². The number of anilines is 1. The van der Waals surface area contributed by atoms with E-state index < -0.39 is 0 Å². The molecule has 0 aliphatic carbocycles. The molecule has 0 unspecified atom stereocenters. The van der Waals surface area contributed by atoms with Crippen molar-refractivity contribution in [1.82, 2.24) is 4.98 Å². The number of methoxy groups -OCH3 is 1. The zero-order valence-electron chi connectivity index (χ0n) is 9.53. The van der Waals surface area contributed by atoms with Crippen molar-refractivity contribution in [3.8, 4) is 0 Å². The lowest BCUT2D eigenvalue weighted by molar-refractivity contribution is 0.205. The molecule has 0 atom stereocenters. The number of ether oxygens (including phenoxy) is 1. The summed E-state index contributed by atoms with van der Waals surface area (Å²) in [5.74, 6) is 0.952. The first-order valence-electron chi connectivity index (χ1n) is 5.34. The second-order valence-electron chi connectivity index (χ2n) is 3.43. The summed E-state index contributed by atoms with van der Waals surface area (Å²) < 4.78 is 6.10. The lowest BCUT2D eigenvalue weighted by Gasteiger charge is -2.24. The average Bonchev–Trinajstić information content (AvgIpc) is 2.31. The number of hydrogen-bond acceptors (Lipinski definition) is 4. The number of halogens is 1. The molecule has 0 fully saturated rings. The number of nitrogens with two attached hydrogens (primary N) is 1. The summed E-state index contributed by atoms with van der Waals surface area (Å²) in [6, 6.07) is 3.90. The van der Waals surface area contributed by atoms with Gasteiger partial charge in [0.25, 0.3) is 0 Å². The van der Waals surface area contributed by atoms with Crippen LogP contribution in [0.2, 0.25) is 0 Å². The summed E-state index contributed by atoms with van der Waals surface area (Å²) in [6.07, 6.45) is 2.75. The highest BCUT2D eigenvalue weighted by Crippen LogP contribution is 2.22. The third-order valence-corrected chi connectivity index (χ3v) is 2.86. The van der Waals surface area contributed by atoms with Gasteiger partial charge in [0.15, 0.2) is 0 Å². The maximum absolute atomic E-state index is 5.53. The van der Waals surface area contributed by atoms with Crippen molar-refractivity contribution in [1.29, 1.82) is 0 Å². The highest BCUT2D eigenvalue weighted by atomic mass is 79.9. The first-order chi connectivity index (χ1) is 7.79. The Labute approximate surface area is 105 Å². The van der Waals surface area contributed by atoms with Crippen LogP contribution in [0.3, 0.4) is 0 Å². The van der Waals surface area contributed by atoms with Crippen LogP contribution < -0.4 is 10.6 Å². The lowest BCUT2D eigenvalue weighted by atomic mass is 10.3. The molecule has 0 amide bonds. The van der Waals surface area contributed by atoms with Gasteiger partial charge >= 0.3 is 0 Å². The van der Waals surface area contributed by atoms with Crippen LogP contribution in [0.5, 0.6) is 0 Å². The zero-order chi connectivity index (χ0) is 11.8. The molecule has 0 spiro atoms. The number of pyridine rings is 1. The molecule has 0 saturated carbocycles. The highest BCUT2D eigenvalue weighted by Gasteiger charge is 2.10. The van der Waals surface area contributed by atoms with Gasteiger partial charge in [-0.3, -0.25) is 0 Å². The molecule has 0 aromatic carbocycles. The number of nitrogens with zero attached hydrogens (tertiary/aromatic N) is 2. The van der Waals surface area contributed by atoms with Gasteiger partial charge in [-0.1, -0.05) is 0 Å². The Morgan fingerprint density at radius 3 is 2.94 bits per heavy atom. The fourth-order valence-electron chi connectivity index (χ4n) is 1.42. The van der Waals surface area contributed by atoms with Gasteiger partial charge in [-0.15, -0.1) is 0 Å². The van der Waals surface area contributed by atoms with Crippen molar-refractivity contribution < 1.29 is 4.74 Å². The van der Waals surface area contributed by atoms with E-state index in [1.54, 1.807) is 13.3 Å². The van der Waals surface area contributed by atoms with Gasteiger partial charge < -0.3 is 15.4 Å². The summed E-state index contributed by atoms with van der Waals surface area (Å²) in [4.78, 5) is 6.55. The predicted molar refractivity (Wildman–Crippen MR) is 69.7 cm³/mol. The molecule has 0 bridgehead atoms. The molecular formula is C11H18BrN3O. The van der Waals surface area contributed by atoms with E-state index in [2.05, 4.69) is 25.8 Å². The van der Waals surface area contributed by atoms with Gasteiger partial charge in [-0.05, 0) is 41.0 Å². The van der Waals surface area contributed by atoms with Gasteiger partial charge in [0.2, 0.25) is 0 Å². The van der Waals surface area contributed by atoms with Crippen LogP contribution in [0, 0.1) is 0 Å². The Kier molecular flexibility index (Phi) is 6.37. The van der Waals surface area contributed by atoms with E-state index in [0.29, 0.717) is 13.2 Å². The van der Waals surface area contributed by atoms with Crippen molar-refractivity contribution in [3.63, 3.8) is 0 Å². The fourth-order valence-corrected chi connectivity index (χ4v) is 1.92. The molecule has 0 aliphatic rings. The van der Waals surface area contributed by atoms with Crippen molar-refractivity contribution in [2.45, 2.75) is 6.42 Å². The highest BCUT2D eigenvalue weighted by molar-refractivity contribution is 9.10. The molecule has 1 heterocycles. The van der Waals surface area contributed by atoms with Crippen molar-refractivity contribution in [3.05, 3.63) is 22.8 Å². The van der Waals surface area contributed by atoms with Crippen LogP contribution in [-0.2, 0) is 4.74 Å². The normalized spacial score (nSPS) is 10.4. The molecular weight excluding hydrogens is 270 g/mol. The smallest absolute Gasteiger partial charge is 0.142 e. The van der Waals surface area contributed by atoms with E-state index in [9.17, 15) is 0 Å². The standard InChI is InChI=1S/C11H18BrN3O/c1-16-9-8-15(7-3-5-13)11-10(12)4-2-6-14-11/h2,4,6H,3,5,7-9,13H2,1H3. The Morgan fingerprint density at radius 2 is 2.31 bits per heavy atom. The minimum Gasteiger partial charge on any atom is -0.383 e. The second-order valence-corrected chi connectivity index (χ2v) is 4.29. The number of hydrogen-bond donors (Lipinski definition) is 1. The van der Waals surface area contributed by atoms with Gasteiger partial charge in [-0.2, -0.15) is 0 Å². The monoisotopic (exact) mass is 287 g/mol. The first kappa shape index (κ1) is 13.4. The molecule has 1 rings (SSSR count). The molecule has 90 valence electrons. The molecule has 2 N–H and O–H groups in total. The van der Waals surface area contributed by atoms with E-state index >= 15 is 0 Å². The van der Waals surface area contributed by atoms with Gasteiger partial charge in [0.05, 0.1) is 11.1 Å². The summed E-state index contributed by atoms with van der Waals surface area (Å²) in [5, 5.41) is 0. The molecule has 0 radical (unpaired) electrons. The van der Waals surface area contributed by atoms with E-state index in [0.717, 1.165) is 29.8 Å². The Bertz CT molecular complexity index is 301. The predicted octanol–water partition coefficient (Wildman–Crippen LogP) is 1.65. The van der Waals surface area contributed by atoms with Crippen molar-refractivity contribution in [2.75, 3.05) is 38.3 Å². The molecule has 4 nitrogen and oxygen atoms in total. The lowest BCUT2D eigenvalue weighted by Crippen LogP contribution is -2.30. The quantitative estimate of drug-likeness (QED) is 0.829. The second kappa shape index (κ2) is 7.60. The summed E-state index contributed by atoms with van der Waals surface area (Å²) in [7, 11) is 1.70. The maximum atomic E-state index is 5.53. The van der Waals surface area contributed by atoms with Crippen LogP contribution in [-0.4, -0.2) is 38.3 Å². The van der Waals surface area contributed by atoms with E-state index in [1.165, 1.54) is 0 Å². The SMILES string of the molecule is COCCN(CCCN)c1ncccc1Br. The number of aromatic nitrogens is 1. The van der Waals surface area contributed by atoms with Crippen LogP contribution in [0.4, 0.5) is 5.82 Å². The van der Waals surface area contributed by atoms with Crippen molar-refractivity contribution in [2.24, 2.45) is 5.73 Å². The van der Waals surface area contributed by atoms with Gasteiger partial charge in [0.1, 0.15) is 5.82 Å². The Morgan fingerprint density at radius 1 is 1.50 bits per heavy atom. The van der Waals surface area contributed by atoms with Crippen LogP contribution in [0.15, 0.2) is 22.8 Å². The largest absolute Gasteiger partial charge is 0.383 e.